The summed E-state index contributed by atoms with van der Waals surface area (Å²) in [6.45, 7) is 7.93. The average molecular weight is 1270 g/mol. The highest BCUT2D eigenvalue weighted by Crippen LogP contribution is 2.54. The molecule has 4 heterocycles. The quantitative estimate of drug-likeness (QED) is 0.101. The molecule has 0 saturated carbocycles. The van der Waals surface area contributed by atoms with Crippen LogP contribution in [0.25, 0.3) is 93.9 Å². The molecule has 4 aliphatic heterocycles. The van der Waals surface area contributed by atoms with Gasteiger partial charge in [0.1, 0.15) is 23.0 Å². The molecule has 6 nitrogen and oxygen atoms in total. The molecule has 0 spiro atoms. The van der Waals surface area contributed by atoms with Crippen molar-refractivity contribution >= 4 is 86.0 Å². The molecule has 0 aromatic heterocycles. The van der Waals surface area contributed by atoms with Crippen LogP contribution in [-0.4, -0.2) is 13.4 Å². The summed E-state index contributed by atoms with van der Waals surface area (Å²) in [4.78, 5) is 9.13. The van der Waals surface area contributed by atoms with Crippen molar-refractivity contribution < 1.29 is 9.47 Å². The minimum atomic E-state index is -0.345. The molecule has 0 radical (unpaired) electrons. The average Bonchev–Trinajstić information content (AvgIpc) is 0.702. The maximum Gasteiger partial charge on any atom is 0.256 e. The molecule has 4 aliphatic rings. The van der Waals surface area contributed by atoms with Crippen molar-refractivity contribution in [2.24, 2.45) is 0 Å². The van der Waals surface area contributed by atoms with Crippen LogP contribution in [0.3, 0.4) is 0 Å². The Morgan fingerprint density at radius 2 is 0.590 bits per heavy atom. The van der Waals surface area contributed by atoms with Crippen LogP contribution >= 0.6 is 0 Å². The topological polar surface area (TPSA) is 53.1 Å². The lowest BCUT2D eigenvalue weighted by molar-refractivity contribution is 0.466. The highest BCUT2D eigenvalue weighted by atomic mass is 16.5. The number of hydrogen-bond donors (Lipinski definition) is 0. The van der Waals surface area contributed by atoms with E-state index >= 15 is 0 Å². The monoisotopic (exact) mass is 1270 g/mol. The first-order valence-corrected chi connectivity index (χ1v) is 33.8. The molecule has 19 rings (SSSR count). The summed E-state index contributed by atoms with van der Waals surface area (Å²) in [6, 6.07) is 123. The molecule has 0 fully saturated rings. The van der Waals surface area contributed by atoms with Gasteiger partial charge in [0, 0.05) is 39.9 Å². The van der Waals surface area contributed by atoms with E-state index < -0.39 is 0 Å². The number of rotatable bonds is 10. The van der Waals surface area contributed by atoms with Crippen LogP contribution in [0.2, 0.25) is 0 Å². The SMILES string of the molecule is [C-]#[N+]c1cc(-c2ccccc2)c(N2c3cc(-c4ccccc4)ccc3B3c4cc5c(cc4Oc4cc(-c6ccccc6)cc2c43)Oc2cc(-c3ccccc3)cc3c2B5c2ccc(-c4ccccc4)cc2N3c2c(-c3ccccc3)cc(C#N)cc2-c2ccccc2)c(-c2ccccc2)c1. The Hall–Kier alpha value is -13.4. The summed E-state index contributed by atoms with van der Waals surface area (Å²) < 4.78 is 15.3. The largest absolute Gasteiger partial charge is 0.458 e. The van der Waals surface area contributed by atoms with Gasteiger partial charge in [-0.3, -0.25) is 0 Å². The normalized spacial score (nSPS) is 12.5. The number of nitrogens with zero attached hydrogens (tertiary/aromatic N) is 4. The number of benzene rings is 15. The molecule has 0 N–H and O–H groups in total. The zero-order valence-corrected chi connectivity index (χ0v) is 54.1. The van der Waals surface area contributed by atoms with E-state index in [2.05, 4.69) is 348 Å². The van der Waals surface area contributed by atoms with Crippen molar-refractivity contribution in [2.75, 3.05) is 9.80 Å². The van der Waals surface area contributed by atoms with Gasteiger partial charge >= 0.3 is 0 Å². The van der Waals surface area contributed by atoms with E-state index in [0.29, 0.717) is 22.7 Å². The van der Waals surface area contributed by atoms with Gasteiger partial charge in [-0.25, -0.2) is 4.85 Å². The van der Waals surface area contributed by atoms with Gasteiger partial charge in [-0.05, 0) is 171 Å². The maximum atomic E-state index is 11.0. The number of nitriles is 1. The predicted octanol–water partition coefficient (Wildman–Crippen LogP) is 20.3. The van der Waals surface area contributed by atoms with Crippen LogP contribution in [0.15, 0.2) is 340 Å². The Morgan fingerprint density at radius 1 is 0.280 bits per heavy atom. The molecule has 0 bridgehead atoms. The lowest BCUT2D eigenvalue weighted by atomic mass is 9.31. The zero-order chi connectivity index (χ0) is 66.4. The minimum absolute atomic E-state index is 0.343. The molecule has 0 atom stereocenters. The van der Waals surface area contributed by atoms with Gasteiger partial charge in [-0.2, -0.15) is 5.26 Å². The van der Waals surface area contributed by atoms with Crippen LogP contribution in [-0.2, 0) is 0 Å². The summed E-state index contributed by atoms with van der Waals surface area (Å²) in [5.41, 5.74) is 29.4. The number of fused-ring (bicyclic) bond motifs is 8. The van der Waals surface area contributed by atoms with Gasteiger partial charge in [-0.15, -0.1) is 0 Å². The fourth-order valence-corrected chi connectivity index (χ4v) is 15.9. The summed E-state index contributed by atoms with van der Waals surface area (Å²) in [7, 11) is 0. The second-order valence-electron chi connectivity index (χ2n) is 26.0. The second kappa shape index (κ2) is 23.8. The summed E-state index contributed by atoms with van der Waals surface area (Å²) >= 11 is 0. The van der Waals surface area contributed by atoms with Crippen molar-refractivity contribution in [2.45, 2.75) is 0 Å². The third-order valence-corrected chi connectivity index (χ3v) is 20.3. The lowest BCUT2D eigenvalue weighted by Crippen LogP contribution is -2.63. The fraction of sp³-hybridized carbons (Fsp3) is 0. The molecule has 15 aromatic rings. The summed E-state index contributed by atoms with van der Waals surface area (Å²) in [6.07, 6.45) is 0. The number of hydrogen-bond acceptors (Lipinski definition) is 5. The minimum Gasteiger partial charge on any atom is -0.458 e. The Balaban J connectivity index is 0.900. The standard InChI is InChI=1S/C92H56B2N4O2/c1-96-72-54-75(66-38-22-8-23-39-66)92(76(55-72)67-40-24-9-25-41-67)98-82-49-69(61-28-12-3-13-29-61)43-45-78(82)94-80-56-79-85(57-86(80)100-88-53-71(51-84(98)90(88)94)63-32-16-5-17-33-63)99-87-52-70(62-30-14-4-15-31-62)50-83-89(87)93(79)77-44-42-68(60-26-10-2-11-27-60)48-81(77)97(83)91-73(64-34-18-6-19-35-64)46-59(58-95)47-74(91)65-36-20-7-21-37-65/h2-57H. The molecule has 0 unspecified atom stereocenters. The summed E-state index contributed by atoms with van der Waals surface area (Å²) in [5, 5.41) is 11.0. The first-order chi connectivity index (χ1) is 49.5. The summed E-state index contributed by atoms with van der Waals surface area (Å²) in [5.74, 6) is 2.93. The van der Waals surface area contributed by atoms with E-state index in [1.807, 2.05) is 12.1 Å². The van der Waals surface area contributed by atoms with Crippen molar-refractivity contribution in [1.82, 2.24) is 0 Å². The zero-order valence-electron chi connectivity index (χ0n) is 54.1. The molecule has 0 amide bonds. The van der Waals surface area contributed by atoms with Gasteiger partial charge in [0.25, 0.3) is 13.4 Å². The smallest absolute Gasteiger partial charge is 0.256 e. The third-order valence-electron chi connectivity index (χ3n) is 20.3. The van der Waals surface area contributed by atoms with E-state index in [4.69, 9.17) is 16.0 Å². The van der Waals surface area contributed by atoms with Crippen molar-refractivity contribution in [3.05, 3.63) is 357 Å². The lowest BCUT2D eigenvalue weighted by Gasteiger charge is -2.43. The van der Waals surface area contributed by atoms with Gasteiger partial charge < -0.3 is 19.3 Å². The van der Waals surface area contributed by atoms with Crippen molar-refractivity contribution in [1.29, 1.82) is 5.26 Å². The van der Waals surface area contributed by atoms with Gasteiger partial charge in [0.15, 0.2) is 5.69 Å². The number of anilines is 6. The molecule has 8 heteroatoms. The maximum absolute atomic E-state index is 11.0. The molecule has 0 saturated heterocycles. The van der Waals surface area contributed by atoms with E-state index in [-0.39, 0.29) is 13.4 Å². The Labute approximate surface area is 581 Å². The Kier molecular flexibility index (Phi) is 13.8. The van der Waals surface area contributed by atoms with E-state index in [0.717, 1.165) is 167 Å². The predicted molar refractivity (Wildman–Crippen MR) is 413 cm³/mol. The Morgan fingerprint density at radius 3 is 0.920 bits per heavy atom. The van der Waals surface area contributed by atoms with Crippen LogP contribution in [0, 0.1) is 17.9 Å². The molecule has 0 aliphatic carbocycles. The van der Waals surface area contributed by atoms with Crippen LogP contribution in [0.5, 0.6) is 23.0 Å². The molecule has 100 heavy (non-hydrogen) atoms. The van der Waals surface area contributed by atoms with Gasteiger partial charge in [0.2, 0.25) is 0 Å². The first-order valence-electron chi connectivity index (χ1n) is 33.8. The number of ether oxygens (including phenoxy) is 2. The van der Waals surface area contributed by atoms with Gasteiger partial charge in [-0.1, -0.05) is 273 Å². The van der Waals surface area contributed by atoms with Crippen LogP contribution in [0.1, 0.15) is 5.56 Å². The van der Waals surface area contributed by atoms with E-state index in [1.54, 1.807) is 0 Å². The highest BCUT2D eigenvalue weighted by Gasteiger charge is 2.48. The van der Waals surface area contributed by atoms with E-state index in [9.17, 15) is 5.26 Å². The Bertz CT molecular complexity index is 5390. The molecular weight excluding hydrogens is 1210 g/mol. The van der Waals surface area contributed by atoms with E-state index in [1.165, 1.54) is 0 Å². The second-order valence-corrected chi connectivity index (χ2v) is 26.0. The van der Waals surface area contributed by atoms with Gasteiger partial charge in [0.05, 0.1) is 29.6 Å². The van der Waals surface area contributed by atoms with Crippen molar-refractivity contribution in [3.63, 3.8) is 0 Å². The third kappa shape index (κ3) is 9.57. The highest BCUT2D eigenvalue weighted by molar-refractivity contribution is 7.02. The molecular formula is C92H56B2N4O2. The first kappa shape index (κ1) is 58.0. The molecule has 15 aromatic carbocycles. The molecule has 462 valence electrons. The fourth-order valence-electron chi connectivity index (χ4n) is 15.9. The van der Waals surface area contributed by atoms with Crippen LogP contribution in [0.4, 0.5) is 39.8 Å². The van der Waals surface area contributed by atoms with Crippen LogP contribution < -0.4 is 52.1 Å². The van der Waals surface area contributed by atoms with Crippen molar-refractivity contribution in [3.8, 4) is 118 Å².